The van der Waals surface area contributed by atoms with Gasteiger partial charge in [0.2, 0.25) is 0 Å². The van der Waals surface area contributed by atoms with Crippen molar-refractivity contribution >= 4 is 17.7 Å². The van der Waals surface area contributed by atoms with Crippen molar-refractivity contribution in [2.24, 2.45) is 0 Å². The summed E-state index contributed by atoms with van der Waals surface area (Å²) in [5.41, 5.74) is 1.18. The molecule has 3 nitrogen and oxygen atoms in total. The van der Waals surface area contributed by atoms with Gasteiger partial charge in [-0.1, -0.05) is 26.0 Å². The molecule has 4 heteroatoms. The third-order valence-corrected chi connectivity index (χ3v) is 3.49. The molecule has 1 aromatic rings. The van der Waals surface area contributed by atoms with Gasteiger partial charge >= 0.3 is 5.91 Å². The topological polar surface area (TPSA) is 44.1 Å². The first kappa shape index (κ1) is 14.6. The highest BCUT2D eigenvalue weighted by Gasteiger charge is 2.06. The fraction of sp³-hybridized carbons (Fsp3) is 0.429. The quantitative estimate of drug-likeness (QED) is 0.605. The van der Waals surface area contributed by atoms with Crippen molar-refractivity contribution < 1.29 is 4.79 Å². The maximum absolute atomic E-state index is 11.1. The molecule has 0 aromatic heterocycles. The lowest BCUT2D eigenvalue weighted by Gasteiger charge is -2.13. The van der Waals surface area contributed by atoms with Crippen molar-refractivity contribution in [2.45, 2.75) is 30.4 Å². The van der Waals surface area contributed by atoms with Gasteiger partial charge in [-0.3, -0.25) is 4.79 Å². The van der Waals surface area contributed by atoms with Crippen molar-refractivity contribution in [3.63, 3.8) is 0 Å². The molecular weight excluding hydrogens is 244 g/mol. The number of rotatable bonds is 5. The molecule has 96 valence electrons. The van der Waals surface area contributed by atoms with Gasteiger partial charge in [-0.05, 0) is 24.1 Å². The predicted octanol–water partition coefficient (Wildman–Crippen LogP) is 2.71. The Balaban J connectivity index is 2.49. The van der Waals surface area contributed by atoms with E-state index in [0.29, 0.717) is 11.8 Å². The van der Waals surface area contributed by atoms with Crippen molar-refractivity contribution in [1.29, 1.82) is 5.26 Å². The third-order valence-electron chi connectivity index (χ3n) is 2.47. The second kappa shape index (κ2) is 7.07. The van der Waals surface area contributed by atoms with Gasteiger partial charge in [0.25, 0.3) is 0 Å². The van der Waals surface area contributed by atoms with E-state index in [1.807, 2.05) is 11.8 Å². The molecule has 0 heterocycles. The van der Waals surface area contributed by atoms with Gasteiger partial charge < -0.3 is 4.90 Å². The van der Waals surface area contributed by atoms with Crippen molar-refractivity contribution in [3.8, 4) is 6.07 Å². The first-order chi connectivity index (χ1) is 8.52. The normalized spacial score (nSPS) is 10.2. The van der Waals surface area contributed by atoms with Crippen molar-refractivity contribution in [3.05, 3.63) is 29.8 Å². The molecule has 0 aliphatic heterocycles. The maximum atomic E-state index is 11.1. The Hall–Kier alpha value is -1.47. The van der Waals surface area contributed by atoms with E-state index in [1.165, 1.54) is 15.4 Å². The van der Waals surface area contributed by atoms with Crippen LogP contribution in [-0.4, -0.2) is 29.6 Å². The van der Waals surface area contributed by atoms with Crippen LogP contribution in [0, 0.1) is 11.3 Å². The fourth-order valence-corrected chi connectivity index (χ4v) is 2.33. The van der Waals surface area contributed by atoms with Crippen LogP contribution in [-0.2, 0) is 11.2 Å². The summed E-state index contributed by atoms with van der Waals surface area (Å²) >= 11 is 1.83. The van der Waals surface area contributed by atoms with E-state index in [4.69, 9.17) is 5.26 Å². The Bertz CT molecular complexity index is 434. The van der Waals surface area contributed by atoms with Crippen LogP contribution in [0.3, 0.4) is 0 Å². The lowest BCUT2D eigenvalue weighted by atomic mass is 10.1. The average molecular weight is 262 g/mol. The monoisotopic (exact) mass is 262 g/mol. The molecule has 0 spiro atoms. The van der Waals surface area contributed by atoms with Crippen LogP contribution in [0.25, 0.3) is 0 Å². The maximum Gasteiger partial charge on any atom is 0.324 e. The molecule has 18 heavy (non-hydrogen) atoms. The molecular formula is C14H18N2OS. The SMILES string of the molecule is CC(C)Sc1ccc(CCN(C)C(=O)C#N)cc1. The standard InChI is InChI=1S/C14H18N2OS/c1-11(2)18-13-6-4-12(5-7-13)8-9-16(3)14(17)10-15/h4-7,11H,8-9H2,1-3H3. The number of benzene rings is 1. The summed E-state index contributed by atoms with van der Waals surface area (Å²) in [5, 5.41) is 9.06. The molecule has 0 fully saturated rings. The number of amides is 1. The zero-order valence-electron chi connectivity index (χ0n) is 11.0. The van der Waals surface area contributed by atoms with Crippen molar-refractivity contribution in [2.75, 3.05) is 13.6 Å². The lowest BCUT2D eigenvalue weighted by molar-refractivity contribution is -0.124. The second-order valence-electron chi connectivity index (χ2n) is 4.40. The van der Waals surface area contributed by atoms with Gasteiger partial charge in [0.15, 0.2) is 6.07 Å². The highest BCUT2D eigenvalue weighted by atomic mass is 32.2. The minimum atomic E-state index is -0.484. The van der Waals surface area contributed by atoms with E-state index in [9.17, 15) is 4.79 Å². The molecule has 0 saturated carbocycles. The third kappa shape index (κ3) is 4.80. The number of carbonyl (C=O) groups is 1. The minimum Gasteiger partial charge on any atom is -0.333 e. The molecule has 0 atom stereocenters. The molecule has 0 bridgehead atoms. The first-order valence-electron chi connectivity index (χ1n) is 5.93. The van der Waals surface area contributed by atoms with E-state index >= 15 is 0 Å². The molecule has 0 aliphatic carbocycles. The van der Waals surface area contributed by atoms with Crippen LogP contribution in [0.1, 0.15) is 19.4 Å². The second-order valence-corrected chi connectivity index (χ2v) is 6.05. The Labute approximate surface area is 113 Å². The van der Waals surface area contributed by atoms with Gasteiger partial charge in [0.05, 0.1) is 0 Å². The number of carbonyl (C=O) groups excluding carboxylic acids is 1. The van der Waals surface area contributed by atoms with Crippen LogP contribution >= 0.6 is 11.8 Å². The zero-order chi connectivity index (χ0) is 13.5. The average Bonchev–Trinajstić information content (AvgIpc) is 2.36. The van der Waals surface area contributed by atoms with E-state index in [1.54, 1.807) is 13.1 Å². The van der Waals surface area contributed by atoms with Gasteiger partial charge in [-0.15, -0.1) is 11.8 Å². The van der Waals surface area contributed by atoms with E-state index in [2.05, 4.69) is 38.1 Å². The summed E-state index contributed by atoms with van der Waals surface area (Å²) in [6, 6.07) is 9.98. The van der Waals surface area contributed by atoms with Crippen LogP contribution in [0.5, 0.6) is 0 Å². The molecule has 1 amide bonds. The molecule has 0 N–H and O–H groups in total. The van der Waals surface area contributed by atoms with Gasteiger partial charge in [-0.2, -0.15) is 5.26 Å². The first-order valence-corrected chi connectivity index (χ1v) is 6.81. The highest BCUT2D eigenvalue weighted by Crippen LogP contribution is 2.22. The summed E-state index contributed by atoms with van der Waals surface area (Å²) in [4.78, 5) is 13.8. The van der Waals surface area contributed by atoms with Gasteiger partial charge in [-0.25, -0.2) is 0 Å². The van der Waals surface area contributed by atoms with Crippen LogP contribution in [0.15, 0.2) is 29.2 Å². The van der Waals surface area contributed by atoms with Crippen LogP contribution < -0.4 is 0 Å². The molecule has 1 rings (SSSR count). The number of hydrogen-bond donors (Lipinski definition) is 0. The Morgan fingerprint density at radius 2 is 2.00 bits per heavy atom. The molecule has 0 aliphatic rings. The lowest BCUT2D eigenvalue weighted by Crippen LogP contribution is -2.27. The molecule has 0 saturated heterocycles. The number of nitrogens with zero attached hydrogens (tertiary/aromatic N) is 2. The Morgan fingerprint density at radius 3 is 2.50 bits per heavy atom. The summed E-state index contributed by atoms with van der Waals surface area (Å²) in [6.07, 6.45) is 0.774. The fourth-order valence-electron chi connectivity index (χ4n) is 1.49. The smallest absolute Gasteiger partial charge is 0.324 e. The highest BCUT2D eigenvalue weighted by molar-refractivity contribution is 7.99. The summed E-state index contributed by atoms with van der Waals surface area (Å²) in [6.45, 7) is 4.91. The number of thioether (sulfide) groups is 1. The van der Waals surface area contributed by atoms with Gasteiger partial charge in [0, 0.05) is 23.7 Å². The largest absolute Gasteiger partial charge is 0.333 e. The summed E-state index contributed by atoms with van der Waals surface area (Å²) < 4.78 is 0. The van der Waals surface area contributed by atoms with E-state index in [0.717, 1.165) is 6.42 Å². The summed E-state index contributed by atoms with van der Waals surface area (Å²) in [5.74, 6) is -0.484. The van der Waals surface area contributed by atoms with E-state index in [-0.39, 0.29) is 0 Å². The van der Waals surface area contributed by atoms with Crippen molar-refractivity contribution in [1.82, 2.24) is 4.90 Å². The number of nitriles is 1. The Morgan fingerprint density at radius 1 is 1.39 bits per heavy atom. The molecule has 0 unspecified atom stereocenters. The molecule has 0 radical (unpaired) electrons. The van der Waals surface area contributed by atoms with E-state index < -0.39 is 5.91 Å². The number of likely N-dealkylation sites (N-methyl/N-ethyl adjacent to an activating group) is 1. The number of hydrogen-bond acceptors (Lipinski definition) is 3. The van der Waals surface area contributed by atoms with Crippen LogP contribution in [0.2, 0.25) is 0 Å². The predicted molar refractivity (Wildman–Crippen MR) is 74.4 cm³/mol. The van der Waals surface area contributed by atoms with Gasteiger partial charge in [0.1, 0.15) is 0 Å². The molecule has 1 aromatic carbocycles. The summed E-state index contributed by atoms with van der Waals surface area (Å²) in [7, 11) is 1.65. The Kier molecular flexibility index (Phi) is 5.73. The van der Waals surface area contributed by atoms with Crippen LogP contribution in [0.4, 0.5) is 0 Å². The minimum absolute atomic E-state index is 0.484. The zero-order valence-corrected chi connectivity index (χ0v) is 11.8.